The van der Waals surface area contributed by atoms with E-state index in [1.807, 2.05) is 38.1 Å². The van der Waals surface area contributed by atoms with Gasteiger partial charge in [0.15, 0.2) is 0 Å². The number of hydrogen-bond donors (Lipinski definition) is 6. The van der Waals surface area contributed by atoms with Gasteiger partial charge in [-0.3, -0.25) is 18.9 Å². The average molecular weight is 466 g/mol. The minimum Gasteiger partial charge on any atom is -0.361 e. The molecule has 0 saturated heterocycles. The number of benzene rings is 1. The first-order valence-corrected chi connectivity index (χ1v) is 12.0. The summed E-state index contributed by atoms with van der Waals surface area (Å²) in [4.78, 5) is 59.3. The summed E-state index contributed by atoms with van der Waals surface area (Å²) in [5.74, 6) is -3.10. The molecule has 176 valence electrons. The SMILES string of the molecule is CC(=O)N[C@@H](C)C(=O)N[C@@H](CC(C)C)C(=O)N[C@@H](Cc1c[nH]c2ccccc12)P(=O)(O)O. The first-order chi connectivity index (χ1) is 14.9. The van der Waals surface area contributed by atoms with Crippen molar-refractivity contribution >= 4 is 36.2 Å². The van der Waals surface area contributed by atoms with Crippen LogP contribution in [0, 0.1) is 5.92 Å². The first kappa shape index (κ1) is 25.6. The highest BCUT2D eigenvalue weighted by atomic mass is 31.2. The summed E-state index contributed by atoms with van der Waals surface area (Å²) >= 11 is 0. The first-order valence-electron chi connectivity index (χ1n) is 10.4. The topological polar surface area (TPSA) is 161 Å². The predicted octanol–water partition coefficient (Wildman–Crippen LogP) is 1.39. The highest BCUT2D eigenvalue weighted by Gasteiger charge is 2.34. The van der Waals surface area contributed by atoms with Gasteiger partial charge in [0.2, 0.25) is 17.7 Å². The molecule has 0 radical (unpaired) electrons. The van der Waals surface area contributed by atoms with Crippen molar-refractivity contribution in [3.8, 4) is 0 Å². The fraction of sp³-hybridized carbons (Fsp3) is 0.476. The maximum Gasteiger partial charge on any atom is 0.347 e. The quantitative estimate of drug-likeness (QED) is 0.290. The lowest BCUT2D eigenvalue weighted by molar-refractivity contribution is -0.131. The number of H-pyrrole nitrogens is 1. The summed E-state index contributed by atoms with van der Waals surface area (Å²) in [6.07, 6.45) is 1.82. The van der Waals surface area contributed by atoms with E-state index in [0.29, 0.717) is 5.56 Å². The molecule has 0 saturated carbocycles. The zero-order chi connectivity index (χ0) is 24.1. The zero-order valence-electron chi connectivity index (χ0n) is 18.6. The lowest BCUT2D eigenvalue weighted by Gasteiger charge is -2.26. The number of aromatic amines is 1. The van der Waals surface area contributed by atoms with Gasteiger partial charge in [0, 0.05) is 30.4 Å². The molecule has 2 aromatic rings. The van der Waals surface area contributed by atoms with Crippen LogP contribution in [0.5, 0.6) is 0 Å². The minimum absolute atomic E-state index is 0.0178. The van der Waals surface area contributed by atoms with Crippen molar-refractivity contribution in [3.05, 3.63) is 36.0 Å². The number of fused-ring (bicyclic) bond motifs is 1. The number of nitrogens with one attached hydrogen (secondary N) is 4. The third kappa shape index (κ3) is 7.19. The van der Waals surface area contributed by atoms with Crippen molar-refractivity contribution in [2.24, 2.45) is 5.92 Å². The van der Waals surface area contributed by atoms with Gasteiger partial charge in [-0.05, 0) is 30.9 Å². The van der Waals surface area contributed by atoms with Crippen LogP contribution in [0.4, 0.5) is 0 Å². The Hall–Kier alpha value is -2.68. The Balaban J connectivity index is 2.19. The second-order valence-electron chi connectivity index (χ2n) is 8.29. The smallest absolute Gasteiger partial charge is 0.347 e. The van der Waals surface area contributed by atoms with Crippen LogP contribution in [0.3, 0.4) is 0 Å². The number of carbonyl (C=O) groups is 3. The molecule has 0 fully saturated rings. The van der Waals surface area contributed by atoms with E-state index in [1.54, 1.807) is 6.20 Å². The molecule has 1 aromatic carbocycles. The van der Waals surface area contributed by atoms with Crippen molar-refractivity contribution in [1.82, 2.24) is 20.9 Å². The molecular weight excluding hydrogens is 435 g/mol. The van der Waals surface area contributed by atoms with Gasteiger partial charge in [0.05, 0.1) is 0 Å². The van der Waals surface area contributed by atoms with Gasteiger partial charge in [-0.2, -0.15) is 0 Å². The van der Waals surface area contributed by atoms with E-state index in [9.17, 15) is 28.7 Å². The van der Waals surface area contributed by atoms with Crippen LogP contribution in [0.25, 0.3) is 10.9 Å². The van der Waals surface area contributed by atoms with E-state index in [-0.39, 0.29) is 18.8 Å². The lowest BCUT2D eigenvalue weighted by Crippen LogP contribution is -2.54. The fourth-order valence-electron chi connectivity index (χ4n) is 3.40. The third-order valence-corrected chi connectivity index (χ3v) is 6.08. The van der Waals surface area contributed by atoms with Gasteiger partial charge < -0.3 is 30.7 Å². The number of carbonyl (C=O) groups excluding carboxylic acids is 3. The zero-order valence-corrected chi connectivity index (χ0v) is 19.5. The minimum atomic E-state index is -4.71. The summed E-state index contributed by atoms with van der Waals surface area (Å²) in [5, 5.41) is 8.25. The standard InChI is InChI=1S/C21H31N4O6P/c1-12(2)9-18(24-20(27)13(3)23-14(4)26)21(28)25-19(32(29,30)31)10-15-11-22-17-8-6-5-7-16(15)17/h5-8,11-13,18-19,22H,9-10H2,1-4H3,(H,23,26)(H,24,27)(H,25,28)(H2,29,30,31)/t13-,18-,19+/m0/s1. The highest BCUT2D eigenvalue weighted by Crippen LogP contribution is 2.42. The molecule has 2 rings (SSSR count). The highest BCUT2D eigenvalue weighted by molar-refractivity contribution is 7.52. The molecule has 11 heteroatoms. The Morgan fingerprint density at radius 3 is 2.28 bits per heavy atom. The molecule has 0 unspecified atom stereocenters. The van der Waals surface area contributed by atoms with Crippen LogP contribution in [0.2, 0.25) is 0 Å². The van der Waals surface area contributed by atoms with E-state index in [2.05, 4.69) is 20.9 Å². The summed E-state index contributed by atoms with van der Waals surface area (Å²) in [5.41, 5.74) is 1.47. The number of rotatable bonds is 10. The third-order valence-electron chi connectivity index (χ3n) is 4.96. The van der Waals surface area contributed by atoms with Gasteiger partial charge in [-0.15, -0.1) is 0 Å². The van der Waals surface area contributed by atoms with Gasteiger partial charge in [0.1, 0.15) is 17.9 Å². The Morgan fingerprint density at radius 1 is 1.03 bits per heavy atom. The second kappa shape index (κ2) is 10.8. The average Bonchev–Trinajstić information content (AvgIpc) is 3.08. The van der Waals surface area contributed by atoms with Gasteiger partial charge >= 0.3 is 7.60 Å². The van der Waals surface area contributed by atoms with Crippen LogP contribution in [-0.4, -0.2) is 50.4 Å². The van der Waals surface area contributed by atoms with Crippen LogP contribution >= 0.6 is 7.60 Å². The van der Waals surface area contributed by atoms with Crippen molar-refractivity contribution in [3.63, 3.8) is 0 Å². The van der Waals surface area contributed by atoms with E-state index < -0.39 is 43.2 Å². The number of hydrogen-bond acceptors (Lipinski definition) is 4. The summed E-state index contributed by atoms with van der Waals surface area (Å²) in [6, 6.07) is 5.44. The molecular formula is C21H31N4O6P. The van der Waals surface area contributed by atoms with Crippen LogP contribution in [0.1, 0.15) is 39.7 Å². The maximum absolute atomic E-state index is 12.9. The van der Waals surface area contributed by atoms with Gasteiger partial charge in [0.25, 0.3) is 0 Å². The number of amides is 3. The van der Waals surface area contributed by atoms with E-state index in [1.165, 1.54) is 13.8 Å². The van der Waals surface area contributed by atoms with Crippen LogP contribution < -0.4 is 16.0 Å². The summed E-state index contributed by atoms with van der Waals surface area (Å²) < 4.78 is 12.2. The van der Waals surface area contributed by atoms with Crippen molar-refractivity contribution < 1.29 is 28.7 Å². The molecule has 1 aromatic heterocycles. The van der Waals surface area contributed by atoms with Crippen molar-refractivity contribution in [2.45, 2.75) is 58.4 Å². The van der Waals surface area contributed by atoms with Crippen LogP contribution in [0.15, 0.2) is 30.5 Å². The second-order valence-corrected chi connectivity index (χ2v) is 10.1. The molecule has 0 spiro atoms. The predicted molar refractivity (Wildman–Crippen MR) is 121 cm³/mol. The van der Waals surface area contributed by atoms with Gasteiger partial charge in [-0.25, -0.2) is 0 Å². The monoisotopic (exact) mass is 466 g/mol. The molecule has 3 amide bonds. The normalized spacial score (nSPS) is 14.6. The summed E-state index contributed by atoms with van der Waals surface area (Å²) in [6.45, 7) is 6.47. The fourth-order valence-corrected chi connectivity index (χ4v) is 4.13. The Bertz CT molecular complexity index is 1010. The Morgan fingerprint density at radius 2 is 1.69 bits per heavy atom. The number of para-hydroxylation sites is 1. The molecule has 0 aliphatic heterocycles. The molecule has 0 aliphatic carbocycles. The Kier molecular flexibility index (Phi) is 8.60. The molecule has 1 heterocycles. The molecule has 6 N–H and O–H groups in total. The molecule has 10 nitrogen and oxygen atoms in total. The number of aromatic nitrogens is 1. The van der Waals surface area contributed by atoms with E-state index in [0.717, 1.165) is 10.9 Å². The Labute approximate surface area is 186 Å². The van der Waals surface area contributed by atoms with E-state index in [4.69, 9.17) is 0 Å². The largest absolute Gasteiger partial charge is 0.361 e. The van der Waals surface area contributed by atoms with Crippen molar-refractivity contribution in [1.29, 1.82) is 0 Å². The molecule has 0 bridgehead atoms. The molecule has 0 aliphatic rings. The van der Waals surface area contributed by atoms with Crippen LogP contribution in [-0.2, 0) is 25.4 Å². The molecule has 3 atom stereocenters. The summed E-state index contributed by atoms with van der Waals surface area (Å²) in [7, 11) is -4.71. The van der Waals surface area contributed by atoms with Crippen molar-refractivity contribution in [2.75, 3.05) is 0 Å². The van der Waals surface area contributed by atoms with Gasteiger partial charge in [-0.1, -0.05) is 32.0 Å². The lowest BCUT2D eigenvalue weighted by atomic mass is 10.0. The maximum atomic E-state index is 12.9. The van der Waals surface area contributed by atoms with E-state index >= 15 is 0 Å². The molecule has 32 heavy (non-hydrogen) atoms.